The van der Waals surface area contributed by atoms with Gasteiger partial charge in [-0.05, 0) is 0 Å². The second kappa shape index (κ2) is 12.4. The van der Waals surface area contributed by atoms with Crippen LogP contribution in [0.5, 0.6) is 0 Å². The molecule has 17 heteroatoms. The molecule has 3 rings (SSSR count). The summed E-state index contributed by atoms with van der Waals surface area (Å²) in [6, 6.07) is -5.41. The Labute approximate surface area is 211 Å². The van der Waals surface area contributed by atoms with Crippen LogP contribution in [0.3, 0.4) is 0 Å². The van der Waals surface area contributed by atoms with Crippen molar-refractivity contribution in [3.8, 4) is 0 Å². The maximum Gasteiger partial charge on any atom is 0.217 e. The fourth-order valence-corrected chi connectivity index (χ4v) is 4.76. The summed E-state index contributed by atoms with van der Waals surface area (Å²) >= 11 is 0. The van der Waals surface area contributed by atoms with Gasteiger partial charge in [0.25, 0.3) is 0 Å². The van der Waals surface area contributed by atoms with Gasteiger partial charge in [-0.3, -0.25) is 4.79 Å². The van der Waals surface area contributed by atoms with E-state index in [2.05, 4.69) is 5.32 Å². The maximum absolute atomic E-state index is 11.8. The molecule has 3 aliphatic rings. The maximum atomic E-state index is 11.8. The summed E-state index contributed by atoms with van der Waals surface area (Å²) < 4.78 is 22.2. The first-order chi connectivity index (χ1) is 17.3. The number of carbonyl (C=O) groups is 1. The molecule has 216 valence electrons. The van der Waals surface area contributed by atoms with Crippen LogP contribution in [0.2, 0.25) is 0 Å². The molecule has 0 unspecified atom stereocenters. The third-order valence-electron chi connectivity index (χ3n) is 6.99. The van der Waals surface area contributed by atoms with Gasteiger partial charge in [0, 0.05) is 6.92 Å². The summed E-state index contributed by atoms with van der Waals surface area (Å²) in [6.07, 6.45) is -18.3. The van der Waals surface area contributed by atoms with E-state index in [9.17, 15) is 45.6 Å². The van der Waals surface area contributed by atoms with Gasteiger partial charge in [0.15, 0.2) is 12.6 Å². The molecule has 1 amide bonds. The predicted molar refractivity (Wildman–Crippen MR) is 119 cm³/mol. The monoisotopic (exact) mass is 542 g/mol. The van der Waals surface area contributed by atoms with E-state index in [1.54, 1.807) is 0 Å². The van der Waals surface area contributed by atoms with Crippen LogP contribution in [0, 0.1) is 0 Å². The first-order valence-corrected chi connectivity index (χ1v) is 11.8. The van der Waals surface area contributed by atoms with Gasteiger partial charge < -0.3 is 82.3 Å². The molecular formula is C20H38N4O13. The number of nitrogens with one attached hydrogen (secondary N) is 1. The molecule has 0 aromatic carbocycles. The second-order valence-electron chi connectivity index (χ2n) is 9.55. The summed E-state index contributed by atoms with van der Waals surface area (Å²) in [5, 5.41) is 84.2. The summed E-state index contributed by atoms with van der Waals surface area (Å²) in [6.45, 7) is -0.235. The van der Waals surface area contributed by atoms with E-state index in [1.807, 2.05) is 0 Å². The molecule has 3 fully saturated rings. The van der Waals surface area contributed by atoms with Crippen molar-refractivity contribution in [2.24, 2.45) is 17.2 Å². The summed E-state index contributed by atoms with van der Waals surface area (Å²) in [5.41, 5.74) is 17.8. The second-order valence-corrected chi connectivity index (χ2v) is 9.55. The van der Waals surface area contributed by atoms with Crippen LogP contribution in [0.25, 0.3) is 0 Å². The van der Waals surface area contributed by atoms with Crippen LogP contribution in [-0.4, -0.2) is 158 Å². The van der Waals surface area contributed by atoms with Gasteiger partial charge in [0.2, 0.25) is 5.91 Å². The fraction of sp³-hybridized carbons (Fsp3) is 0.950. The standard InChI is InChI=1S/C20H38N4O13/c1-4(27)24-10-13(30)8(22)17(36-20-15(32)7(21)11(28)5(2-25)35-20)16(33)18(10)37-19-9(23)14(31)12(29)6(3-26)34-19/h5-20,25-26,28-33H,2-3,21-23H2,1H3,(H,24,27)/t5-,6-,7+,8-,9-,10+,11-,12-,13-,14-,15-,16-,17+,18-,19-,20-/m1/s1. The molecular weight excluding hydrogens is 504 g/mol. The first-order valence-electron chi connectivity index (χ1n) is 11.8. The first kappa shape index (κ1) is 30.4. The smallest absolute Gasteiger partial charge is 0.217 e. The molecule has 0 aromatic rings. The fourth-order valence-electron chi connectivity index (χ4n) is 4.76. The quantitative estimate of drug-likeness (QED) is 0.142. The number of aliphatic hydroxyl groups is 8. The molecule has 1 saturated carbocycles. The van der Waals surface area contributed by atoms with Gasteiger partial charge in [-0.2, -0.15) is 0 Å². The van der Waals surface area contributed by atoms with Crippen LogP contribution in [0.1, 0.15) is 6.92 Å². The minimum atomic E-state index is -1.76. The van der Waals surface area contributed by atoms with Crippen molar-refractivity contribution < 1.29 is 64.6 Å². The number of rotatable bonds is 7. The topological polar surface area (TPSA) is 306 Å². The average molecular weight is 543 g/mol. The molecule has 2 aliphatic heterocycles. The van der Waals surface area contributed by atoms with E-state index >= 15 is 0 Å². The molecule has 17 nitrogen and oxygen atoms in total. The highest BCUT2D eigenvalue weighted by Gasteiger charge is 2.55. The van der Waals surface area contributed by atoms with E-state index in [4.69, 9.17) is 36.1 Å². The Kier molecular flexibility index (Phi) is 10.2. The zero-order valence-electron chi connectivity index (χ0n) is 20.0. The lowest BCUT2D eigenvalue weighted by Gasteiger charge is -2.50. The van der Waals surface area contributed by atoms with Crippen molar-refractivity contribution in [2.45, 2.75) is 105 Å². The molecule has 0 bridgehead atoms. The lowest BCUT2D eigenvalue weighted by atomic mass is 9.81. The molecule has 0 spiro atoms. The summed E-state index contributed by atoms with van der Waals surface area (Å²) in [5.74, 6) is -0.620. The Morgan fingerprint density at radius 3 is 1.81 bits per heavy atom. The van der Waals surface area contributed by atoms with E-state index < -0.39 is 117 Å². The Balaban J connectivity index is 1.86. The molecule has 0 radical (unpaired) electrons. The van der Waals surface area contributed by atoms with Gasteiger partial charge in [-0.15, -0.1) is 0 Å². The highest BCUT2D eigenvalue weighted by molar-refractivity contribution is 5.73. The predicted octanol–water partition coefficient (Wildman–Crippen LogP) is -8.14. The Hall–Kier alpha value is -1.13. The minimum absolute atomic E-state index is 0.620. The molecule has 1 aliphatic carbocycles. The van der Waals surface area contributed by atoms with Crippen molar-refractivity contribution in [1.82, 2.24) is 5.32 Å². The Bertz CT molecular complexity index is 766. The van der Waals surface area contributed by atoms with Crippen LogP contribution < -0.4 is 22.5 Å². The number of aliphatic hydroxyl groups excluding tert-OH is 8. The van der Waals surface area contributed by atoms with E-state index in [0.717, 1.165) is 6.92 Å². The van der Waals surface area contributed by atoms with E-state index in [1.165, 1.54) is 0 Å². The van der Waals surface area contributed by atoms with Crippen molar-refractivity contribution in [3.63, 3.8) is 0 Å². The number of nitrogens with two attached hydrogens (primary N) is 3. The highest BCUT2D eigenvalue weighted by Crippen LogP contribution is 2.32. The highest BCUT2D eigenvalue weighted by atomic mass is 16.7. The molecule has 2 heterocycles. The third-order valence-corrected chi connectivity index (χ3v) is 6.99. The van der Waals surface area contributed by atoms with Crippen LogP contribution >= 0.6 is 0 Å². The normalized spacial score (nSPS) is 51.0. The van der Waals surface area contributed by atoms with Gasteiger partial charge >= 0.3 is 0 Å². The van der Waals surface area contributed by atoms with Crippen molar-refractivity contribution >= 4 is 5.91 Å². The van der Waals surface area contributed by atoms with Gasteiger partial charge in [-0.25, -0.2) is 0 Å². The van der Waals surface area contributed by atoms with Gasteiger partial charge in [-0.1, -0.05) is 0 Å². The molecule has 0 aromatic heterocycles. The van der Waals surface area contributed by atoms with Gasteiger partial charge in [0.1, 0.15) is 54.9 Å². The van der Waals surface area contributed by atoms with Crippen LogP contribution in [0.4, 0.5) is 0 Å². The Morgan fingerprint density at radius 1 is 0.703 bits per heavy atom. The number of hydrogen-bond donors (Lipinski definition) is 12. The van der Waals surface area contributed by atoms with Crippen LogP contribution in [0.15, 0.2) is 0 Å². The Morgan fingerprint density at radius 2 is 1.24 bits per heavy atom. The SMILES string of the molecule is CC(=O)N[C@H]1[C@H](O)[C@@H](N)[C@H](O[C@H]2O[C@H](CO)[C@@H](O)[C@H](N)[C@H]2O)[C@@H](O)[C@@H]1O[C@H]1O[C@H](CO)[C@@H](O)[C@H](O)[C@H]1N. The minimum Gasteiger partial charge on any atom is -0.394 e. The molecule has 37 heavy (non-hydrogen) atoms. The lowest BCUT2D eigenvalue weighted by molar-refractivity contribution is -0.326. The van der Waals surface area contributed by atoms with Crippen molar-refractivity contribution in [1.29, 1.82) is 0 Å². The van der Waals surface area contributed by atoms with E-state index in [0.29, 0.717) is 0 Å². The van der Waals surface area contributed by atoms with Gasteiger partial charge in [0.05, 0.1) is 43.5 Å². The summed E-state index contributed by atoms with van der Waals surface area (Å²) in [7, 11) is 0. The van der Waals surface area contributed by atoms with E-state index in [-0.39, 0.29) is 0 Å². The molecule has 16 atom stereocenters. The average Bonchev–Trinajstić information content (AvgIpc) is 2.86. The van der Waals surface area contributed by atoms with Crippen LogP contribution in [-0.2, 0) is 23.7 Å². The lowest BCUT2D eigenvalue weighted by Crippen LogP contribution is -2.74. The summed E-state index contributed by atoms with van der Waals surface area (Å²) in [4.78, 5) is 11.8. The number of ether oxygens (including phenoxy) is 4. The largest absolute Gasteiger partial charge is 0.394 e. The molecule has 2 saturated heterocycles. The number of amides is 1. The molecule has 15 N–H and O–H groups in total. The van der Waals surface area contributed by atoms with Crippen molar-refractivity contribution in [3.05, 3.63) is 0 Å². The zero-order valence-corrected chi connectivity index (χ0v) is 20.0. The number of hydrogen-bond acceptors (Lipinski definition) is 16. The van der Waals surface area contributed by atoms with Crippen molar-refractivity contribution in [2.75, 3.05) is 13.2 Å². The third kappa shape index (κ3) is 6.06. The number of carbonyl (C=O) groups excluding carboxylic acids is 1. The zero-order chi connectivity index (χ0) is 27.8.